The van der Waals surface area contributed by atoms with E-state index in [1.54, 1.807) is 6.92 Å². The first-order valence-electron chi connectivity index (χ1n) is 4.33. The van der Waals surface area contributed by atoms with Crippen molar-refractivity contribution in [2.45, 2.75) is 19.4 Å². The van der Waals surface area contributed by atoms with E-state index in [4.69, 9.17) is 5.11 Å². The van der Waals surface area contributed by atoms with Crippen LogP contribution in [0.1, 0.15) is 13.3 Å². The van der Waals surface area contributed by atoms with Gasteiger partial charge in [0.15, 0.2) is 0 Å². The Morgan fingerprint density at radius 3 is 2.83 bits per heavy atom. The second-order valence-corrected chi connectivity index (χ2v) is 3.38. The fourth-order valence-corrected chi connectivity index (χ4v) is 1.13. The minimum absolute atomic E-state index is 0.00859. The van der Waals surface area contributed by atoms with Gasteiger partial charge in [0, 0.05) is 12.5 Å². The van der Waals surface area contributed by atoms with Crippen LogP contribution in [0.5, 0.6) is 0 Å². The standard InChI is InChI=1S/C8H16N2O2/c1-6(5-11)10-8(12)2-7-3-9-4-7/h6-7,9,11H,2-5H2,1H3,(H,10,12). The summed E-state index contributed by atoms with van der Waals surface area (Å²) in [5.41, 5.74) is 0. The normalized spacial score (nSPS) is 19.8. The summed E-state index contributed by atoms with van der Waals surface area (Å²) in [5.74, 6) is 0.541. The van der Waals surface area contributed by atoms with Gasteiger partial charge in [0.1, 0.15) is 0 Å². The minimum atomic E-state index is -0.120. The Labute approximate surface area is 72.3 Å². The second-order valence-electron chi connectivity index (χ2n) is 3.38. The molecule has 1 aliphatic rings. The number of carbonyl (C=O) groups is 1. The van der Waals surface area contributed by atoms with Gasteiger partial charge >= 0.3 is 0 Å². The Kier molecular flexibility index (Phi) is 3.49. The van der Waals surface area contributed by atoms with Crippen LogP contribution in [0, 0.1) is 5.92 Å². The number of aliphatic hydroxyl groups excluding tert-OH is 1. The molecule has 3 N–H and O–H groups in total. The maximum absolute atomic E-state index is 11.2. The van der Waals surface area contributed by atoms with Crippen molar-refractivity contribution in [1.82, 2.24) is 10.6 Å². The van der Waals surface area contributed by atoms with Crippen molar-refractivity contribution in [2.75, 3.05) is 19.7 Å². The number of amides is 1. The molecule has 1 aliphatic heterocycles. The molecule has 12 heavy (non-hydrogen) atoms. The molecule has 1 amide bonds. The average molecular weight is 172 g/mol. The van der Waals surface area contributed by atoms with Crippen molar-refractivity contribution in [2.24, 2.45) is 5.92 Å². The largest absolute Gasteiger partial charge is 0.394 e. The van der Waals surface area contributed by atoms with E-state index in [2.05, 4.69) is 10.6 Å². The highest BCUT2D eigenvalue weighted by Gasteiger charge is 2.20. The predicted molar refractivity (Wildman–Crippen MR) is 45.7 cm³/mol. The predicted octanol–water partition coefficient (Wildman–Crippen LogP) is -0.907. The van der Waals surface area contributed by atoms with Crippen molar-refractivity contribution < 1.29 is 9.90 Å². The van der Waals surface area contributed by atoms with Gasteiger partial charge in [-0.25, -0.2) is 0 Å². The van der Waals surface area contributed by atoms with Gasteiger partial charge in [0.2, 0.25) is 5.91 Å². The van der Waals surface area contributed by atoms with E-state index in [1.165, 1.54) is 0 Å². The monoisotopic (exact) mass is 172 g/mol. The molecule has 0 aromatic rings. The average Bonchev–Trinajstić information content (AvgIpc) is 1.97. The van der Waals surface area contributed by atoms with E-state index in [0.29, 0.717) is 12.3 Å². The first-order chi connectivity index (χ1) is 5.72. The highest BCUT2D eigenvalue weighted by Crippen LogP contribution is 2.07. The van der Waals surface area contributed by atoms with Crippen LogP contribution in [0.15, 0.2) is 0 Å². The number of aliphatic hydroxyl groups is 1. The molecule has 4 nitrogen and oxygen atoms in total. The molecule has 1 heterocycles. The van der Waals surface area contributed by atoms with Gasteiger partial charge in [-0.2, -0.15) is 0 Å². The van der Waals surface area contributed by atoms with E-state index < -0.39 is 0 Å². The van der Waals surface area contributed by atoms with Gasteiger partial charge in [-0.15, -0.1) is 0 Å². The molecule has 1 atom stereocenters. The molecule has 0 aromatic heterocycles. The first-order valence-corrected chi connectivity index (χ1v) is 4.33. The van der Waals surface area contributed by atoms with Crippen molar-refractivity contribution >= 4 is 5.91 Å². The molecule has 0 bridgehead atoms. The number of hydrogen-bond acceptors (Lipinski definition) is 3. The number of rotatable bonds is 4. The van der Waals surface area contributed by atoms with Crippen LogP contribution in [0.4, 0.5) is 0 Å². The Morgan fingerprint density at radius 1 is 1.75 bits per heavy atom. The van der Waals surface area contributed by atoms with Crippen LogP contribution in [-0.2, 0) is 4.79 Å². The van der Waals surface area contributed by atoms with Gasteiger partial charge in [-0.3, -0.25) is 4.79 Å². The van der Waals surface area contributed by atoms with Crippen LogP contribution < -0.4 is 10.6 Å². The van der Waals surface area contributed by atoms with Gasteiger partial charge in [0.05, 0.1) is 6.61 Å². The third-order valence-corrected chi connectivity index (χ3v) is 2.02. The molecule has 0 spiro atoms. The van der Waals surface area contributed by atoms with E-state index in [9.17, 15) is 4.79 Å². The molecule has 70 valence electrons. The van der Waals surface area contributed by atoms with Crippen LogP contribution >= 0.6 is 0 Å². The third kappa shape index (κ3) is 2.79. The van der Waals surface area contributed by atoms with Gasteiger partial charge in [-0.1, -0.05) is 0 Å². The lowest BCUT2D eigenvalue weighted by Crippen LogP contribution is -2.45. The maximum atomic E-state index is 11.2. The number of carbonyl (C=O) groups excluding carboxylic acids is 1. The highest BCUT2D eigenvalue weighted by molar-refractivity contribution is 5.76. The lowest BCUT2D eigenvalue weighted by molar-refractivity contribution is -0.123. The molecule has 0 aliphatic carbocycles. The molecule has 0 saturated carbocycles. The first kappa shape index (κ1) is 9.48. The zero-order valence-electron chi connectivity index (χ0n) is 7.34. The zero-order valence-corrected chi connectivity index (χ0v) is 7.34. The summed E-state index contributed by atoms with van der Waals surface area (Å²) in [6, 6.07) is -0.120. The summed E-state index contributed by atoms with van der Waals surface area (Å²) in [6.07, 6.45) is 0.581. The third-order valence-electron chi connectivity index (χ3n) is 2.02. The van der Waals surface area contributed by atoms with Gasteiger partial charge in [-0.05, 0) is 25.9 Å². The van der Waals surface area contributed by atoms with Crippen LogP contribution in [0.2, 0.25) is 0 Å². The zero-order chi connectivity index (χ0) is 8.97. The minimum Gasteiger partial charge on any atom is -0.394 e. The molecule has 4 heteroatoms. The quantitative estimate of drug-likeness (QED) is 0.514. The highest BCUT2D eigenvalue weighted by atomic mass is 16.3. The summed E-state index contributed by atoms with van der Waals surface area (Å²) in [6.45, 7) is 3.69. The molecular weight excluding hydrogens is 156 g/mol. The topological polar surface area (TPSA) is 61.4 Å². The summed E-state index contributed by atoms with van der Waals surface area (Å²) in [5, 5.41) is 14.5. The van der Waals surface area contributed by atoms with E-state index in [1.807, 2.05) is 0 Å². The summed E-state index contributed by atoms with van der Waals surface area (Å²) in [4.78, 5) is 11.2. The lowest BCUT2D eigenvalue weighted by atomic mass is 9.99. The lowest BCUT2D eigenvalue weighted by Gasteiger charge is -2.26. The molecular formula is C8H16N2O2. The molecule has 1 fully saturated rings. The van der Waals surface area contributed by atoms with E-state index >= 15 is 0 Å². The number of hydrogen-bond donors (Lipinski definition) is 3. The Hall–Kier alpha value is -0.610. The summed E-state index contributed by atoms with van der Waals surface area (Å²) in [7, 11) is 0. The van der Waals surface area contributed by atoms with Crippen LogP contribution in [-0.4, -0.2) is 36.8 Å². The molecule has 1 unspecified atom stereocenters. The Morgan fingerprint density at radius 2 is 2.42 bits per heavy atom. The van der Waals surface area contributed by atoms with Crippen LogP contribution in [0.3, 0.4) is 0 Å². The fraction of sp³-hybridized carbons (Fsp3) is 0.875. The fourth-order valence-electron chi connectivity index (χ4n) is 1.13. The van der Waals surface area contributed by atoms with Gasteiger partial charge in [0.25, 0.3) is 0 Å². The Balaban J connectivity index is 2.10. The van der Waals surface area contributed by atoms with E-state index in [-0.39, 0.29) is 18.6 Å². The maximum Gasteiger partial charge on any atom is 0.220 e. The smallest absolute Gasteiger partial charge is 0.220 e. The second kappa shape index (κ2) is 4.42. The molecule has 0 radical (unpaired) electrons. The molecule has 1 rings (SSSR count). The van der Waals surface area contributed by atoms with Gasteiger partial charge < -0.3 is 15.7 Å². The van der Waals surface area contributed by atoms with Crippen molar-refractivity contribution in [3.63, 3.8) is 0 Å². The molecule has 0 aromatic carbocycles. The van der Waals surface area contributed by atoms with Crippen molar-refractivity contribution in [3.8, 4) is 0 Å². The summed E-state index contributed by atoms with van der Waals surface area (Å²) < 4.78 is 0. The van der Waals surface area contributed by atoms with Crippen molar-refractivity contribution in [1.29, 1.82) is 0 Å². The van der Waals surface area contributed by atoms with Crippen molar-refractivity contribution in [3.05, 3.63) is 0 Å². The number of nitrogens with one attached hydrogen (secondary N) is 2. The molecule has 1 saturated heterocycles. The Bertz CT molecular complexity index is 148. The summed E-state index contributed by atoms with van der Waals surface area (Å²) >= 11 is 0. The van der Waals surface area contributed by atoms with E-state index in [0.717, 1.165) is 13.1 Å². The van der Waals surface area contributed by atoms with Crippen LogP contribution in [0.25, 0.3) is 0 Å². The SMILES string of the molecule is CC(CO)NC(=O)CC1CNC1.